The lowest BCUT2D eigenvalue weighted by molar-refractivity contribution is -0.139. The van der Waals surface area contributed by atoms with Crippen molar-refractivity contribution in [3.8, 4) is 0 Å². The lowest BCUT2D eigenvalue weighted by atomic mass is 10.1. The number of ether oxygens (including phenoxy) is 2. The molecule has 0 atom stereocenters. The molecule has 0 unspecified atom stereocenters. The van der Waals surface area contributed by atoms with Crippen LogP contribution in [0.4, 0.5) is 5.69 Å². The molecule has 2 aromatic rings. The molecule has 0 spiro atoms. The van der Waals surface area contributed by atoms with Crippen LogP contribution in [-0.2, 0) is 19.1 Å². The molecule has 0 radical (unpaired) electrons. The lowest BCUT2D eigenvalue weighted by Gasteiger charge is -2.23. The molecule has 1 aromatic heterocycles. The summed E-state index contributed by atoms with van der Waals surface area (Å²) in [6, 6.07) is 4.47. The number of aromatic nitrogens is 1. The van der Waals surface area contributed by atoms with E-state index >= 15 is 0 Å². The van der Waals surface area contributed by atoms with Crippen molar-refractivity contribution >= 4 is 28.5 Å². The first-order chi connectivity index (χ1) is 13.0. The number of anilines is 1. The summed E-state index contributed by atoms with van der Waals surface area (Å²) in [5, 5.41) is 0.0986. The van der Waals surface area contributed by atoms with Crippen molar-refractivity contribution in [2.24, 2.45) is 0 Å². The maximum absolute atomic E-state index is 12.4. The summed E-state index contributed by atoms with van der Waals surface area (Å²) >= 11 is 0. The predicted molar refractivity (Wildman–Crippen MR) is 94.9 cm³/mol. The Bertz CT molecular complexity index is 1130. The van der Waals surface area contributed by atoms with Crippen LogP contribution in [0.25, 0.3) is 10.9 Å². The Labute approximate surface area is 151 Å². The fourth-order valence-electron chi connectivity index (χ4n) is 2.60. The Morgan fingerprint density at radius 3 is 2.52 bits per heavy atom. The number of esters is 2. The smallest absolute Gasteiger partial charge is 0.419 e. The summed E-state index contributed by atoms with van der Waals surface area (Å²) < 4.78 is 14.1. The number of carbonyl (C=O) groups excluding carboxylic acids is 2. The molecule has 138 valence electrons. The minimum Gasteiger partial charge on any atom is -0.465 e. The van der Waals surface area contributed by atoms with E-state index in [1.807, 2.05) is 0 Å². The SMILES string of the molecule is COC(=O)C1=C(C(=O)OC)N(c2ccc3[nH]c(=O)oc(=O)c3c2)C=CC=C1. The number of H-pyrrole nitrogens is 1. The van der Waals surface area contributed by atoms with Gasteiger partial charge in [0, 0.05) is 11.9 Å². The van der Waals surface area contributed by atoms with Crippen molar-refractivity contribution in [1.29, 1.82) is 0 Å². The molecule has 27 heavy (non-hydrogen) atoms. The minimum atomic E-state index is -0.873. The van der Waals surface area contributed by atoms with Gasteiger partial charge in [0.15, 0.2) is 0 Å². The summed E-state index contributed by atoms with van der Waals surface area (Å²) in [5.41, 5.74) is -0.313. The second kappa shape index (κ2) is 7.16. The highest BCUT2D eigenvalue weighted by Gasteiger charge is 2.27. The number of hydrogen-bond acceptors (Lipinski definition) is 8. The Balaban J connectivity index is 2.25. The average Bonchev–Trinajstić information content (AvgIpc) is 2.89. The molecule has 0 saturated carbocycles. The van der Waals surface area contributed by atoms with E-state index in [1.54, 1.807) is 18.2 Å². The summed E-state index contributed by atoms with van der Waals surface area (Å²) in [5.74, 6) is -2.38. The Morgan fingerprint density at radius 2 is 1.81 bits per heavy atom. The first kappa shape index (κ1) is 17.9. The van der Waals surface area contributed by atoms with Gasteiger partial charge in [-0.25, -0.2) is 19.2 Å². The number of benzene rings is 1. The largest absolute Gasteiger partial charge is 0.465 e. The molecule has 9 nitrogen and oxygen atoms in total. The third-order valence-corrected chi connectivity index (χ3v) is 3.81. The van der Waals surface area contributed by atoms with E-state index < -0.39 is 23.3 Å². The van der Waals surface area contributed by atoms with Crippen LogP contribution in [0.5, 0.6) is 0 Å². The highest BCUT2D eigenvalue weighted by atomic mass is 16.5. The molecule has 0 saturated heterocycles. The molecule has 1 aliphatic heterocycles. The number of aromatic amines is 1. The van der Waals surface area contributed by atoms with E-state index in [0.717, 1.165) is 0 Å². The van der Waals surface area contributed by atoms with Crippen molar-refractivity contribution in [2.75, 3.05) is 19.1 Å². The van der Waals surface area contributed by atoms with Crippen LogP contribution >= 0.6 is 0 Å². The minimum absolute atomic E-state index is 0.0250. The molecule has 0 fully saturated rings. The predicted octanol–water partition coefficient (Wildman–Crippen LogP) is 0.971. The van der Waals surface area contributed by atoms with E-state index in [1.165, 1.54) is 43.5 Å². The van der Waals surface area contributed by atoms with Gasteiger partial charge >= 0.3 is 23.3 Å². The van der Waals surface area contributed by atoms with Gasteiger partial charge in [-0.15, -0.1) is 0 Å². The van der Waals surface area contributed by atoms with Crippen LogP contribution < -0.4 is 16.3 Å². The Hall–Kier alpha value is -3.88. The van der Waals surface area contributed by atoms with Crippen molar-refractivity contribution in [3.05, 3.63) is 74.9 Å². The van der Waals surface area contributed by atoms with Crippen LogP contribution in [0.15, 0.2) is 67.9 Å². The average molecular weight is 370 g/mol. The number of carbonyl (C=O) groups is 2. The molecule has 0 amide bonds. The topological polar surface area (TPSA) is 119 Å². The van der Waals surface area contributed by atoms with Gasteiger partial charge in [0.25, 0.3) is 0 Å². The first-order valence-electron chi connectivity index (χ1n) is 7.68. The number of fused-ring (bicyclic) bond motifs is 1. The molecule has 1 aliphatic rings. The van der Waals surface area contributed by atoms with Crippen molar-refractivity contribution < 1.29 is 23.5 Å². The molecule has 1 aromatic carbocycles. The second-order valence-electron chi connectivity index (χ2n) is 5.35. The van der Waals surface area contributed by atoms with Gasteiger partial charge in [-0.3, -0.25) is 4.98 Å². The third-order valence-electron chi connectivity index (χ3n) is 3.81. The second-order valence-corrected chi connectivity index (χ2v) is 5.35. The molecule has 1 N–H and O–H groups in total. The van der Waals surface area contributed by atoms with Gasteiger partial charge in [0.1, 0.15) is 5.70 Å². The zero-order valence-corrected chi connectivity index (χ0v) is 14.3. The van der Waals surface area contributed by atoms with Crippen LogP contribution in [-0.4, -0.2) is 31.1 Å². The zero-order valence-electron chi connectivity index (χ0n) is 14.3. The monoisotopic (exact) mass is 370 g/mol. The van der Waals surface area contributed by atoms with Gasteiger partial charge in [0.2, 0.25) is 0 Å². The van der Waals surface area contributed by atoms with Crippen molar-refractivity contribution in [2.45, 2.75) is 0 Å². The van der Waals surface area contributed by atoms with Gasteiger partial charge in [-0.1, -0.05) is 6.08 Å². The lowest BCUT2D eigenvalue weighted by Crippen LogP contribution is -2.27. The number of allylic oxidation sites excluding steroid dienone is 2. The van der Waals surface area contributed by atoms with Crippen LogP contribution in [0.1, 0.15) is 0 Å². The Kier molecular flexibility index (Phi) is 4.75. The van der Waals surface area contributed by atoms with Gasteiger partial charge in [-0.2, -0.15) is 0 Å². The van der Waals surface area contributed by atoms with E-state index in [4.69, 9.17) is 9.47 Å². The van der Waals surface area contributed by atoms with E-state index in [9.17, 15) is 19.2 Å². The maximum Gasteiger partial charge on any atom is 0.419 e. The van der Waals surface area contributed by atoms with Gasteiger partial charge in [0.05, 0.1) is 30.7 Å². The molecular weight excluding hydrogens is 356 g/mol. The molecule has 0 aliphatic carbocycles. The number of hydrogen-bond donors (Lipinski definition) is 1. The van der Waals surface area contributed by atoms with Crippen LogP contribution in [0.3, 0.4) is 0 Å². The standard InChI is InChI=1S/C18H14N2O7/c1-25-15(21)11-5-3-4-8-20(14(11)17(23)26-2)10-6-7-13-12(9-10)16(22)27-18(24)19-13/h3-9H,1-2H3,(H,19,24). The normalized spacial score (nSPS) is 13.6. The fraction of sp³-hybridized carbons (Fsp3) is 0.111. The molecule has 2 heterocycles. The quantitative estimate of drug-likeness (QED) is 0.794. The summed E-state index contributed by atoms with van der Waals surface area (Å²) in [6.07, 6.45) is 6.09. The van der Waals surface area contributed by atoms with Gasteiger partial charge in [-0.05, 0) is 30.4 Å². The van der Waals surface area contributed by atoms with E-state index in [-0.39, 0.29) is 22.2 Å². The van der Waals surface area contributed by atoms with Crippen molar-refractivity contribution in [1.82, 2.24) is 4.98 Å². The number of nitrogens with zero attached hydrogens (tertiary/aromatic N) is 1. The zero-order chi connectivity index (χ0) is 19.6. The first-order valence-corrected chi connectivity index (χ1v) is 7.68. The highest BCUT2D eigenvalue weighted by Crippen LogP contribution is 2.27. The third kappa shape index (κ3) is 3.30. The maximum atomic E-state index is 12.4. The van der Waals surface area contributed by atoms with E-state index in [0.29, 0.717) is 5.69 Å². The Morgan fingerprint density at radius 1 is 1.07 bits per heavy atom. The summed E-state index contributed by atoms with van der Waals surface area (Å²) in [4.78, 5) is 51.6. The molecule has 0 bridgehead atoms. The molecule has 3 rings (SSSR count). The number of rotatable bonds is 3. The summed E-state index contributed by atoms with van der Waals surface area (Å²) in [6.45, 7) is 0. The van der Waals surface area contributed by atoms with Crippen LogP contribution in [0, 0.1) is 0 Å². The fourth-order valence-corrected chi connectivity index (χ4v) is 2.60. The highest BCUT2D eigenvalue weighted by molar-refractivity contribution is 6.05. The molecular formula is C18H14N2O7. The van der Waals surface area contributed by atoms with Crippen molar-refractivity contribution in [3.63, 3.8) is 0 Å². The summed E-state index contributed by atoms with van der Waals surface area (Å²) in [7, 11) is 2.37. The number of nitrogens with one attached hydrogen (secondary N) is 1. The van der Waals surface area contributed by atoms with Crippen LogP contribution in [0.2, 0.25) is 0 Å². The molecule has 9 heteroatoms. The number of methoxy groups -OCH3 is 2. The van der Waals surface area contributed by atoms with E-state index in [2.05, 4.69) is 9.40 Å². The van der Waals surface area contributed by atoms with Gasteiger partial charge < -0.3 is 18.8 Å².